The maximum Gasteiger partial charge on any atom is 0.127 e. The maximum atomic E-state index is 13.3. The number of nitrogens with zero attached hydrogens (tertiary/aromatic N) is 1. The van der Waals surface area contributed by atoms with Gasteiger partial charge in [0.05, 0.1) is 0 Å². The molecule has 2 aromatic rings. The molecule has 3 rings (SSSR count). The summed E-state index contributed by atoms with van der Waals surface area (Å²) in [5, 5.41) is 9.39. The van der Waals surface area contributed by atoms with Crippen LogP contribution in [0.3, 0.4) is 0 Å². The fraction of sp³-hybridized carbons (Fsp3) is 0.200. The molecule has 1 aliphatic rings. The number of phenols is 1. The van der Waals surface area contributed by atoms with E-state index in [1.807, 2.05) is 4.90 Å². The van der Waals surface area contributed by atoms with Crippen LogP contribution in [0.4, 0.5) is 14.5 Å². The molecule has 0 saturated heterocycles. The molecule has 0 bridgehead atoms. The highest BCUT2D eigenvalue weighted by Gasteiger charge is 2.19. The van der Waals surface area contributed by atoms with Crippen molar-refractivity contribution in [1.29, 1.82) is 0 Å². The Bertz CT molecular complexity index is 607. The number of rotatable bonds is 2. The number of halogens is 2. The summed E-state index contributed by atoms with van der Waals surface area (Å²) >= 11 is 0. The van der Waals surface area contributed by atoms with Crippen molar-refractivity contribution in [2.45, 2.75) is 13.0 Å². The molecular formula is C15H13F2NO. The number of fused-ring (bicyclic) bond motifs is 1. The average molecular weight is 261 g/mol. The average Bonchev–Trinajstić information content (AvgIpc) is 2.70. The number of aromatic hydroxyl groups is 1. The van der Waals surface area contributed by atoms with Crippen molar-refractivity contribution in [3.05, 3.63) is 59.2 Å². The van der Waals surface area contributed by atoms with E-state index in [1.54, 1.807) is 6.07 Å². The van der Waals surface area contributed by atoms with Crippen LogP contribution in [0, 0.1) is 11.6 Å². The number of benzene rings is 2. The molecule has 98 valence electrons. The van der Waals surface area contributed by atoms with E-state index < -0.39 is 5.82 Å². The molecule has 2 aromatic carbocycles. The van der Waals surface area contributed by atoms with E-state index in [2.05, 4.69) is 0 Å². The number of anilines is 1. The Kier molecular flexibility index (Phi) is 2.85. The fourth-order valence-corrected chi connectivity index (χ4v) is 2.53. The normalized spacial score (nSPS) is 13.7. The van der Waals surface area contributed by atoms with Gasteiger partial charge >= 0.3 is 0 Å². The van der Waals surface area contributed by atoms with Crippen molar-refractivity contribution < 1.29 is 13.9 Å². The molecule has 2 nitrogen and oxygen atoms in total. The van der Waals surface area contributed by atoms with Gasteiger partial charge in [0.25, 0.3) is 0 Å². The van der Waals surface area contributed by atoms with Gasteiger partial charge < -0.3 is 10.0 Å². The van der Waals surface area contributed by atoms with E-state index in [9.17, 15) is 13.9 Å². The molecule has 0 fully saturated rings. The minimum absolute atomic E-state index is 0.0892. The summed E-state index contributed by atoms with van der Waals surface area (Å²) in [6, 6.07) is 8.73. The summed E-state index contributed by atoms with van der Waals surface area (Å²) in [6.07, 6.45) is 0.858. The molecule has 0 aliphatic carbocycles. The Labute approximate surface area is 109 Å². The second-order valence-corrected chi connectivity index (χ2v) is 4.76. The van der Waals surface area contributed by atoms with E-state index in [-0.39, 0.29) is 11.6 Å². The first-order valence-electron chi connectivity index (χ1n) is 6.13. The van der Waals surface area contributed by atoms with Gasteiger partial charge in [0, 0.05) is 24.8 Å². The largest absolute Gasteiger partial charge is 0.508 e. The van der Waals surface area contributed by atoms with Crippen LogP contribution >= 0.6 is 0 Å². The third-order valence-corrected chi connectivity index (χ3v) is 3.35. The fourth-order valence-electron chi connectivity index (χ4n) is 2.53. The maximum absolute atomic E-state index is 13.3. The van der Waals surface area contributed by atoms with Crippen molar-refractivity contribution in [1.82, 2.24) is 0 Å². The summed E-state index contributed by atoms with van der Waals surface area (Å²) < 4.78 is 26.5. The van der Waals surface area contributed by atoms with Crippen LogP contribution in [0.2, 0.25) is 0 Å². The Morgan fingerprint density at radius 3 is 2.68 bits per heavy atom. The third kappa shape index (κ3) is 2.38. The monoisotopic (exact) mass is 261 g/mol. The molecule has 1 aliphatic heterocycles. The molecular weight excluding hydrogens is 248 g/mol. The van der Waals surface area contributed by atoms with Gasteiger partial charge in [-0.25, -0.2) is 8.78 Å². The smallest absolute Gasteiger partial charge is 0.127 e. The lowest BCUT2D eigenvalue weighted by atomic mass is 10.1. The second-order valence-electron chi connectivity index (χ2n) is 4.76. The third-order valence-electron chi connectivity index (χ3n) is 3.35. The van der Waals surface area contributed by atoms with Gasteiger partial charge in [-0.1, -0.05) is 6.07 Å². The predicted molar refractivity (Wildman–Crippen MR) is 69.2 cm³/mol. The van der Waals surface area contributed by atoms with E-state index >= 15 is 0 Å². The van der Waals surface area contributed by atoms with Crippen molar-refractivity contribution >= 4 is 5.69 Å². The van der Waals surface area contributed by atoms with Gasteiger partial charge in [0.15, 0.2) is 0 Å². The van der Waals surface area contributed by atoms with Gasteiger partial charge in [-0.3, -0.25) is 0 Å². The van der Waals surface area contributed by atoms with Crippen LogP contribution in [0.15, 0.2) is 36.4 Å². The van der Waals surface area contributed by atoms with Crippen LogP contribution in [-0.4, -0.2) is 11.7 Å². The minimum atomic E-state index is -0.464. The molecule has 0 radical (unpaired) electrons. The van der Waals surface area contributed by atoms with E-state index in [1.165, 1.54) is 24.3 Å². The Hall–Kier alpha value is -2.10. The van der Waals surface area contributed by atoms with E-state index in [0.717, 1.165) is 30.3 Å². The molecule has 19 heavy (non-hydrogen) atoms. The Balaban J connectivity index is 1.88. The standard InChI is InChI=1S/C15H13F2NO/c16-12-2-1-11-3-4-18(15(11)8-12)9-10-5-13(17)7-14(19)6-10/h1-2,5-8,19H,3-4,9H2. The lowest BCUT2D eigenvalue weighted by molar-refractivity contribution is 0.468. The first-order chi connectivity index (χ1) is 9.11. The summed E-state index contributed by atoms with van der Waals surface area (Å²) in [4.78, 5) is 1.99. The van der Waals surface area contributed by atoms with Crippen LogP contribution in [0.25, 0.3) is 0 Å². The quantitative estimate of drug-likeness (QED) is 0.897. The highest BCUT2D eigenvalue weighted by Crippen LogP contribution is 2.30. The predicted octanol–water partition coefficient (Wildman–Crippen LogP) is 3.23. The summed E-state index contributed by atoms with van der Waals surface area (Å²) in [7, 11) is 0. The molecule has 4 heteroatoms. The van der Waals surface area contributed by atoms with Crippen molar-refractivity contribution in [2.24, 2.45) is 0 Å². The van der Waals surface area contributed by atoms with E-state index in [4.69, 9.17) is 0 Å². The zero-order chi connectivity index (χ0) is 13.4. The van der Waals surface area contributed by atoms with Crippen molar-refractivity contribution in [2.75, 3.05) is 11.4 Å². The van der Waals surface area contributed by atoms with Crippen molar-refractivity contribution in [3.63, 3.8) is 0 Å². The molecule has 0 atom stereocenters. The Morgan fingerprint density at radius 1 is 1.05 bits per heavy atom. The summed E-state index contributed by atoms with van der Waals surface area (Å²) in [5.41, 5.74) is 2.63. The number of hydrogen-bond donors (Lipinski definition) is 1. The molecule has 1 heterocycles. The molecule has 0 unspecified atom stereocenters. The zero-order valence-electron chi connectivity index (χ0n) is 10.2. The van der Waals surface area contributed by atoms with Crippen LogP contribution in [-0.2, 0) is 13.0 Å². The topological polar surface area (TPSA) is 23.5 Å². The molecule has 0 saturated carbocycles. The van der Waals surface area contributed by atoms with Gasteiger partial charge in [-0.05, 0) is 41.8 Å². The van der Waals surface area contributed by atoms with Crippen LogP contribution in [0.5, 0.6) is 5.75 Å². The van der Waals surface area contributed by atoms with E-state index in [0.29, 0.717) is 12.1 Å². The summed E-state index contributed by atoms with van der Waals surface area (Å²) in [6.45, 7) is 1.23. The van der Waals surface area contributed by atoms with Crippen LogP contribution in [0.1, 0.15) is 11.1 Å². The molecule has 1 N–H and O–H groups in total. The number of phenolic OH excluding ortho intramolecular Hbond substituents is 1. The van der Waals surface area contributed by atoms with Crippen molar-refractivity contribution in [3.8, 4) is 5.75 Å². The molecule has 0 spiro atoms. The number of hydrogen-bond acceptors (Lipinski definition) is 2. The van der Waals surface area contributed by atoms with Crippen LogP contribution < -0.4 is 4.90 Å². The zero-order valence-corrected chi connectivity index (χ0v) is 10.2. The SMILES string of the molecule is Oc1cc(F)cc(CN2CCc3ccc(F)cc32)c1. The van der Waals surface area contributed by atoms with Gasteiger partial charge in [-0.15, -0.1) is 0 Å². The lowest BCUT2D eigenvalue weighted by Crippen LogP contribution is -2.19. The second kappa shape index (κ2) is 4.53. The first-order valence-corrected chi connectivity index (χ1v) is 6.13. The summed E-state index contributed by atoms with van der Waals surface area (Å²) in [5.74, 6) is -0.824. The molecule has 0 amide bonds. The lowest BCUT2D eigenvalue weighted by Gasteiger charge is -2.19. The Morgan fingerprint density at radius 2 is 1.89 bits per heavy atom. The highest BCUT2D eigenvalue weighted by molar-refractivity contribution is 5.58. The van der Waals surface area contributed by atoms with Gasteiger partial charge in [0.1, 0.15) is 17.4 Å². The molecule has 0 aromatic heterocycles. The first kappa shape index (κ1) is 12.0. The van der Waals surface area contributed by atoms with Gasteiger partial charge in [-0.2, -0.15) is 0 Å². The van der Waals surface area contributed by atoms with Gasteiger partial charge in [0.2, 0.25) is 0 Å². The minimum Gasteiger partial charge on any atom is -0.508 e. The highest BCUT2D eigenvalue weighted by atomic mass is 19.1.